The Labute approximate surface area is 144 Å². The molecule has 0 aliphatic rings. The monoisotopic (exact) mass is 354 g/mol. The maximum Gasteiger partial charge on any atom is 0.387 e. The van der Waals surface area contributed by atoms with Crippen molar-refractivity contribution >= 4 is 23.2 Å². The lowest BCUT2D eigenvalue weighted by Gasteiger charge is -2.17. The minimum atomic E-state index is -2.84. The van der Waals surface area contributed by atoms with E-state index < -0.39 is 6.61 Å². The third kappa shape index (κ3) is 5.79. The summed E-state index contributed by atoms with van der Waals surface area (Å²) < 4.78 is 28.5. The topological polar surface area (TPSA) is 41.6 Å². The Morgan fingerprint density at radius 2 is 1.88 bits per heavy atom. The molecule has 2 rings (SSSR count). The molecule has 24 heavy (non-hydrogen) atoms. The molecule has 0 heterocycles. The molecule has 0 aromatic heterocycles. The Hall–Kier alpha value is -2.18. The van der Waals surface area contributed by atoms with E-state index >= 15 is 0 Å². The fourth-order valence-electron chi connectivity index (χ4n) is 2.14. The van der Waals surface area contributed by atoms with E-state index in [1.165, 1.54) is 12.1 Å². The molecule has 0 aliphatic heterocycles. The van der Waals surface area contributed by atoms with Gasteiger partial charge in [-0.05, 0) is 36.9 Å². The van der Waals surface area contributed by atoms with Gasteiger partial charge >= 0.3 is 6.61 Å². The summed E-state index contributed by atoms with van der Waals surface area (Å²) in [6.45, 7) is -2.18. The number of amides is 1. The van der Waals surface area contributed by atoms with Crippen LogP contribution in [0.4, 0.5) is 14.5 Å². The summed E-state index contributed by atoms with van der Waals surface area (Å²) in [6, 6.07) is 13.3. The second-order valence-corrected chi connectivity index (χ2v) is 5.63. The summed E-state index contributed by atoms with van der Waals surface area (Å²) in [5, 5.41) is 3.22. The average molecular weight is 355 g/mol. The van der Waals surface area contributed by atoms with Crippen LogP contribution in [0.5, 0.6) is 5.75 Å². The summed E-state index contributed by atoms with van der Waals surface area (Å²) in [4.78, 5) is 13.8. The van der Waals surface area contributed by atoms with E-state index in [2.05, 4.69) is 10.1 Å². The minimum Gasteiger partial charge on any atom is -0.435 e. The molecule has 0 atom stereocenters. The van der Waals surface area contributed by atoms with E-state index in [-0.39, 0.29) is 18.2 Å². The molecule has 7 heteroatoms. The summed E-state index contributed by atoms with van der Waals surface area (Å²) in [5.41, 5.74) is 1.44. The lowest BCUT2D eigenvalue weighted by molar-refractivity contribution is -0.117. The van der Waals surface area contributed by atoms with Crippen molar-refractivity contribution < 1.29 is 18.3 Å². The van der Waals surface area contributed by atoms with Gasteiger partial charge in [0.25, 0.3) is 0 Å². The van der Waals surface area contributed by atoms with Crippen molar-refractivity contribution in [1.29, 1.82) is 0 Å². The largest absolute Gasteiger partial charge is 0.435 e. The van der Waals surface area contributed by atoms with Crippen LogP contribution < -0.4 is 10.1 Å². The van der Waals surface area contributed by atoms with Crippen molar-refractivity contribution in [1.82, 2.24) is 4.90 Å². The number of halogens is 3. The second kappa shape index (κ2) is 8.61. The highest BCUT2D eigenvalue weighted by Gasteiger charge is 2.10. The molecule has 0 fully saturated rings. The molecular weight excluding hydrogens is 338 g/mol. The number of carbonyl (C=O) groups is 1. The van der Waals surface area contributed by atoms with E-state index in [0.717, 1.165) is 5.56 Å². The number of benzene rings is 2. The maximum atomic E-state index is 12.1. The van der Waals surface area contributed by atoms with E-state index in [1.807, 2.05) is 0 Å². The van der Waals surface area contributed by atoms with Crippen molar-refractivity contribution in [2.45, 2.75) is 13.2 Å². The number of nitrogens with one attached hydrogen (secondary N) is 1. The van der Waals surface area contributed by atoms with Gasteiger partial charge < -0.3 is 10.1 Å². The maximum absolute atomic E-state index is 12.1. The smallest absolute Gasteiger partial charge is 0.387 e. The summed E-state index contributed by atoms with van der Waals surface area (Å²) in [5.74, 6) is -0.0869. The van der Waals surface area contributed by atoms with Crippen LogP contribution >= 0.6 is 11.6 Å². The van der Waals surface area contributed by atoms with Gasteiger partial charge in [-0.1, -0.05) is 35.9 Å². The van der Waals surface area contributed by atoms with Crippen LogP contribution in [0.25, 0.3) is 0 Å². The highest BCUT2D eigenvalue weighted by molar-refractivity contribution is 6.33. The normalized spacial score (nSPS) is 10.9. The van der Waals surface area contributed by atoms with Crippen molar-refractivity contribution in [2.24, 2.45) is 0 Å². The molecule has 0 spiro atoms. The number of para-hydroxylation sites is 1. The second-order valence-electron chi connectivity index (χ2n) is 5.22. The zero-order valence-electron chi connectivity index (χ0n) is 13.0. The Bertz CT molecular complexity index is 681. The number of carbonyl (C=O) groups excluding carboxylic acids is 1. The van der Waals surface area contributed by atoms with Crippen molar-refractivity contribution in [3.8, 4) is 5.75 Å². The molecule has 1 amide bonds. The Morgan fingerprint density at radius 1 is 1.21 bits per heavy atom. The van der Waals surface area contributed by atoms with Crippen LogP contribution in [0.2, 0.25) is 5.02 Å². The molecule has 0 unspecified atom stereocenters. The van der Waals surface area contributed by atoms with E-state index in [9.17, 15) is 13.6 Å². The lowest BCUT2D eigenvalue weighted by Crippen LogP contribution is -2.29. The van der Waals surface area contributed by atoms with Gasteiger partial charge in [0.2, 0.25) is 5.91 Å². The van der Waals surface area contributed by atoms with Crippen LogP contribution in [0, 0.1) is 0 Å². The molecule has 0 aliphatic carbocycles. The molecule has 1 N–H and O–H groups in total. The van der Waals surface area contributed by atoms with Gasteiger partial charge in [0.05, 0.1) is 17.3 Å². The number of ether oxygens (including phenoxy) is 1. The standard InChI is InChI=1S/C17H17ClF2N2O2/c1-22(10-12-6-8-13(9-7-12)24-17(19)20)11-16(23)21-15-5-3-2-4-14(15)18/h2-9,17H,10-11H2,1H3,(H,21,23). The highest BCUT2D eigenvalue weighted by atomic mass is 35.5. The quantitative estimate of drug-likeness (QED) is 0.816. The first-order valence-electron chi connectivity index (χ1n) is 7.20. The minimum absolute atomic E-state index is 0.105. The molecule has 4 nitrogen and oxygen atoms in total. The third-order valence-corrected chi connectivity index (χ3v) is 3.49. The summed E-state index contributed by atoms with van der Waals surface area (Å²) in [6.07, 6.45) is 0. The Kier molecular flexibility index (Phi) is 6.52. The first-order valence-corrected chi connectivity index (χ1v) is 7.58. The van der Waals surface area contributed by atoms with E-state index in [0.29, 0.717) is 17.3 Å². The van der Waals surface area contributed by atoms with Gasteiger partial charge in [-0.25, -0.2) is 0 Å². The number of alkyl halides is 2. The number of rotatable bonds is 7. The molecule has 0 saturated heterocycles. The average Bonchev–Trinajstić information content (AvgIpc) is 2.51. The molecule has 0 bridgehead atoms. The molecule has 2 aromatic rings. The molecule has 128 valence electrons. The van der Waals surface area contributed by atoms with Gasteiger partial charge in [0.15, 0.2) is 0 Å². The number of hydrogen-bond donors (Lipinski definition) is 1. The predicted molar refractivity (Wildman–Crippen MR) is 89.5 cm³/mol. The predicted octanol–water partition coefficient (Wildman–Crippen LogP) is 4.01. The van der Waals surface area contributed by atoms with Crippen LogP contribution in [0.15, 0.2) is 48.5 Å². The number of hydrogen-bond acceptors (Lipinski definition) is 3. The SMILES string of the molecule is CN(CC(=O)Nc1ccccc1Cl)Cc1ccc(OC(F)F)cc1. The van der Waals surface area contributed by atoms with Gasteiger partial charge in [-0.3, -0.25) is 9.69 Å². The third-order valence-electron chi connectivity index (χ3n) is 3.16. The van der Waals surface area contributed by atoms with Crippen LogP contribution in [0.3, 0.4) is 0 Å². The van der Waals surface area contributed by atoms with Gasteiger partial charge in [0, 0.05) is 6.54 Å². The fraction of sp³-hybridized carbons (Fsp3) is 0.235. The highest BCUT2D eigenvalue weighted by Crippen LogP contribution is 2.20. The van der Waals surface area contributed by atoms with Crippen LogP contribution in [-0.2, 0) is 11.3 Å². The first-order chi connectivity index (χ1) is 11.4. The van der Waals surface area contributed by atoms with Crippen molar-refractivity contribution in [2.75, 3.05) is 18.9 Å². The first kappa shape index (κ1) is 18.2. The zero-order valence-corrected chi connectivity index (χ0v) is 13.8. The summed E-state index contributed by atoms with van der Waals surface area (Å²) in [7, 11) is 1.79. The molecule has 2 aromatic carbocycles. The Morgan fingerprint density at radius 3 is 2.50 bits per heavy atom. The van der Waals surface area contributed by atoms with E-state index in [4.69, 9.17) is 11.6 Å². The van der Waals surface area contributed by atoms with Gasteiger partial charge in [-0.2, -0.15) is 8.78 Å². The van der Waals surface area contributed by atoms with Gasteiger partial charge in [-0.15, -0.1) is 0 Å². The lowest BCUT2D eigenvalue weighted by atomic mass is 10.2. The van der Waals surface area contributed by atoms with Crippen molar-refractivity contribution in [3.63, 3.8) is 0 Å². The fourth-order valence-corrected chi connectivity index (χ4v) is 2.32. The summed E-state index contributed by atoms with van der Waals surface area (Å²) >= 11 is 5.99. The number of nitrogens with zero attached hydrogens (tertiary/aromatic N) is 1. The Balaban J connectivity index is 1.85. The number of likely N-dealkylation sites (N-methyl/N-ethyl adjacent to an activating group) is 1. The van der Waals surface area contributed by atoms with Crippen LogP contribution in [0.1, 0.15) is 5.56 Å². The van der Waals surface area contributed by atoms with Crippen LogP contribution in [-0.4, -0.2) is 31.0 Å². The van der Waals surface area contributed by atoms with Crippen molar-refractivity contribution in [3.05, 3.63) is 59.1 Å². The molecular formula is C17H17ClF2N2O2. The molecule has 0 saturated carbocycles. The number of anilines is 1. The zero-order chi connectivity index (χ0) is 17.5. The molecule has 0 radical (unpaired) electrons. The van der Waals surface area contributed by atoms with E-state index in [1.54, 1.807) is 48.3 Å². The van der Waals surface area contributed by atoms with Gasteiger partial charge in [0.1, 0.15) is 5.75 Å².